The molecular weight excluding hydrogens is 221 g/mol. The Hall–Kier alpha value is -0.873. The first-order valence-electron chi connectivity index (χ1n) is 5.60. The van der Waals surface area contributed by atoms with Gasteiger partial charge in [-0.25, -0.2) is 4.39 Å². The summed E-state index contributed by atoms with van der Waals surface area (Å²) in [7, 11) is -1.77. The molecule has 16 heavy (non-hydrogen) atoms. The van der Waals surface area contributed by atoms with Crippen LogP contribution in [0.1, 0.15) is 12.0 Å². The zero-order chi connectivity index (χ0) is 12.2. The number of hydrogen-bond acceptors (Lipinski definition) is 2. The van der Waals surface area contributed by atoms with Crippen molar-refractivity contribution < 1.29 is 8.82 Å². The van der Waals surface area contributed by atoms with Crippen LogP contribution in [-0.2, 0) is 6.42 Å². The molecule has 0 saturated carbocycles. The molecule has 0 bridgehead atoms. The fraction of sp³-hybridized carbons (Fsp3) is 0.500. The van der Waals surface area contributed by atoms with Crippen LogP contribution in [-0.4, -0.2) is 14.9 Å². The molecule has 0 spiro atoms. The smallest absolute Gasteiger partial charge is 0.242 e. The molecule has 1 aromatic rings. The van der Waals surface area contributed by atoms with Crippen LogP contribution in [0.5, 0.6) is 5.75 Å². The third-order valence-corrected chi connectivity index (χ3v) is 2.92. The molecule has 1 rings (SSSR count). The lowest BCUT2D eigenvalue weighted by atomic mass is 10.1. The number of hydrogen-bond donors (Lipinski definition) is 1. The van der Waals surface area contributed by atoms with Gasteiger partial charge in [-0.15, -0.1) is 0 Å². The van der Waals surface area contributed by atoms with E-state index in [-0.39, 0.29) is 5.82 Å². The summed E-state index contributed by atoms with van der Waals surface area (Å²) in [5.74, 6) is 0.159. The molecule has 0 aliphatic rings. The van der Waals surface area contributed by atoms with E-state index in [1.54, 1.807) is 6.07 Å². The van der Waals surface area contributed by atoms with E-state index in [9.17, 15) is 4.39 Å². The fourth-order valence-electron chi connectivity index (χ4n) is 1.46. The van der Waals surface area contributed by atoms with Gasteiger partial charge in [0.2, 0.25) is 8.32 Å². The van der Waals surface area contributed by atoms with E-state index in [2.05, 4.69) is 0 Å². The van der Waals surface area contributed by atoms with Crippen molar-refractivity contribution in [1.82, 2.24) is 0 Å². The van der Waals surface area contributed by atoms with Gasteiger partial charge in [-0.2, -0.15) is 0 Å². The van der Waals surface area contributed by atoms with E-state index in [1.165, 1.54) is 6.07 Å². The van der Waals surface area contributed by atoms with Crippen LogP contribution in [0.4, 0.5) is 4.39 Å². The minimum Gasteiger partial charge on any atom is -0.542 e. The predicted molar refractivity (Wildman–Crippen MR) is 67.7 cm³/mol. The molecule has 0 radical (unpaired) electrons. The van der Waals surface area contributed by atoms with Gasteiger partial charge in [0.1, 0.15) is 5.75 Å². The Balaban J connectivity index is 2.94. The van der Waals surface area contributed by atoms with E-state index in [1.807, 2.05) is 25.7 Å². The van der Waals surface area contributed by atoms with Gasteiger partial charge >= 0.3 is 0 Å². The molecule has 0 unspecified atom stereocenters. The lowest BCUT2D eigenvalue weighted by Crippen LogP contribution is -2.30. The van der Waals surface area contributed by atoms with Crippen molar-refractivity contribution in [2.45, 2.75) is 32.5 Å². The van der Waals surface area contributed by atoms with Gasteiger partial charge in [-0.05, 0) is 50.7 Å². The maximum Gasteiger partial charge on any atom is 0.242 e. The highest BCUT2D eigenvalue weighted by Crippen LogP contribution is 2.26. The molecule has 0 aliphatic heterocycles. The van der Waals surface area contributed by atoms with Crippen molar-refractivity contribution in [3.8, 4) is 5.75 Å². The van der Waals surface area contributed by atoms with Crippen molar-refractivity contribution >= 4 is 8.32 Å². The standard InChI is InChI=1S/C12H20FNOSi/c1-16(2,3)15-12-10(7-5-9-14)6-4-8-11(12)13/h4,6,8H,5,7,9,14H2,1-3H3. The summed E-state index contributed by atoms with van der Waals surface area (Å²) in [6.45, 7) is 6.76. The average Bonchev–Trinajstić information content (AvgIpc) is 2.17. The lowest BCUT2D eigenvalue weighted by molar-refractivity contribution is 0.488. The maximum absolute atomic E-state index is 13.7. The van der Waals surface area contributed by atoms with Gasteiger partial charge in [-0.1, -0.05) is 12.1 Å². The SMILES string of the molecule is C[Si](C)(C)Oc1c(F)cccc1CCCN. The molecule has 1 aromatic carbocycles. The molecule has 4 heteroatoms. The largest absolute Gasteiger partial charge is 0.542 e. The first-order chi connectivity index (χ1) is 7.44. The fourth-order valence-corrected chi connectivity index (χ4v) is 2.30. The second kappa shape index (κ2) is 5.45. The van der Waals surface area contributed by atoms with Gasteiger partial charge in [0.05, 0.1) is 0 Å². The van der Waals surface area contributed by atoms with Crippen molar-refractivity contribution in [2.24, 2.45) is 5.73 Å². The summed E-state index contributed by atoms with van der Waals surface area (Å²) in [6.07, 6.45) is 1.62. The third kappa shape index (κ3) is 3.94. The topological polar surface area (TPSA) is 35.2 Å². The Morgan fingerprint density at radius 1 is 1.31 bits per heavy atom. The summed E-state index contributed by atoms with van der Waals surface area (Å²) in [6, 6.07) is 5.08. The highest BCUT2D eigenvalue weighted by atomic mass is 28.4. The minimum atomic E-state index is -1.77. The predicted octanol–water partition coefficient (Wildman–Crippen LogP) is 2.93. The molecule has 0 atom stereocenters. The van der Waals surface area contributed by atoms with E-state index in [0.717, 1.165) is 18.4 Å². The van der Waals surface area contributed by atoms with E-state index in [4.69, 9.17) is 10.2 Å². The van der Waals surface area contributed by atoms with Crippen molar-refractivity contribution in [3.05, 3.63) is 29.6 Å². The highest BCUT2D eigenvalue weighted by Gasteiger charge is 2.20. The van der Waals surface area contributed by atoms with Crippen LogP contribution in [0.2, 0.25) is 19.6 Å². The Morgan fingerprint density at radius 2 is 2.00 bits per heavy atom. The summed E-state index contributed by atoms with van der Waals surface area (Å²) in [5, 5.41) is 0. The number of nitrogens with two attached hydrogens (primary N) is 1. The molecule has 0 saturated heterocycles. The quantitative estimate of drug-likeness (QED) is 0.804. The van der Waals surface area contributed by atoms with Crippen molar-refractivity contribution in [1.29, 1.82) is 0 Å². The van der Waals surface area contributed by atoms with Crippen LogP contribution in [0.15, 0.2) is 18.2 Å². The number of benzene rings is 1. The van der Waals surface area contributed by atoms with Crippen LogP contribution < -0.4 is 10.2 Å². The van der Waals surface area contributed by atoms with E-state index in [0.29, 0.717) is 12.3 Å². The number of halogens is 1. The third-order valence-electron chi connectivity index (χ3n) is 2.11. The lowest BCUT2D eigenvalue weighted by Gasteiger charge is -2.22. The Labute approximate surface area is 97.7 Å². The Morgan fingerprint density at radius 3 is 2.56 bits per heavy atom. The molecule has 0 aromatic heterocycles. The zero-order valence-electron chi connectivity index (χ0n) is 10.2. The van der Waals surface area contributed by atoms with Gasteiger partial charge in [0.25, 0.3) is 0 Å². The minimum absolute atomic E-state index is 0.267. The first kappa shape index (κ1) is 13.2. The molecule has 0 heterocycles. The van der Waals surface area contributed by atoms with Gasteiger partial charge in [-0.3, -0.25) is 0 Å². The molecule has 0 amide bonds. The summed E-state index contributed by atoms with van der Waals surface area (Å²) < 4.78 is 19.5. The van der Waals surface area contributed by atoms with Gasteiger partial charge < -0.3 is 10.2 Å². The molecule has 90 valence electrons. The van der Waals surface area contributed by atoms with Crippen molar-refractivity contribution in [2.75, 3.05) is 6.54 Å². The first-order valence-corrected chi connectivity index (χ1v) is 9.01. The number of rotatable bonds is 5. The normalized spacial score (nSPS) is 11.6. The van der Waals surface area contributed by atoms with Crippen molar-refractivity contribution in [3.63, 3.8) is 0 Å². The van der Waals surface area contributed by atoms with Crippen LogP contribution in [0.3, 0.4) is 0 Å². The molecule has 0 fully saturated rings. The number of aryl methyl sites for hydroxylation is 1. The second-order valence-corrected chi connectivity index (χ2v) is 9.26. The van der Waals surface area contributed by atoms with Crippen LogP contribution in [0.25, 0.3) is 0 Å². The molecule has 2 nitrogen and oxygen atoms in total. The monoisotopic (exact) mass is 241 g/mol. The molecule has 2 N–H and O–H groups in total. The van der Waals surface area contributed by atoms with Gasteiger partial charge in [0.15, 0.2) is 5.82 Å². The maximum atomic E-state index is 13.7. The molecular formula is C12H20FNOSi. The van der Waals surface area contributed by atoms with Gasteiger partial charge in [0, 0.05) is 0 Å². The highest BCUT2D eigenvalue weighted by molar-refractivity contribution is 6.70. The Kier molecular flexibility index (Phi) is 4.50. The summed E-state index contributed by atoms with van der Waals surface area (Å²) in [4.78, 5) is 0. The number of para-hydroxylation sites is 1. The van der Waals surface area contributed by atoms with E-state index >= 15 is 0 Å². The van der Waals surface area contributed by atoms with E-state index < -0.39 is 8.32 Å². The average molecular weight is 241 g/mol. The second-order valence-electron chi connectivity index (χ2n) is 4.83. The van der Waals surface area contributed by atoms with Crippen LogP contribution in [0, 0.1) is 5.82 Å². The zero-order valence-corrected chi connectivity index (χ0v) is 11.2. The molecule has 0 aliphatic carbocycles. The summed E-state index contributed by atoms with van der Waals surface area (Å²) in [5.41, 5.74) is 6.39. The van der Waals surface area contributed by atoms with Crippen LogP contribution >= 0.6 is 0 Å². The summed E-state index contributed by atoms with van der Waals surface area (Å²) >= 11 is 0. The Bertz CT molecular complexity index is 349.